The highest BCUT2D eigenvalue weighted by molar-refractivity contribution is 5.99. The Balaban J connectivity index is 2.16. The van der Waals surface area contributed by atoms with Crippen molar-refractivity contribution in [3.63, 3.8) is 0 Å². The van der Waals surface area contributed by atoms with Gasteiger partial charge in [-0.25, -0.2) is 10.2 Å². The van der Waals surface area contributed by atoms with E-state index in [1.54, 1.807) is 11.6 Å². The molecule has 0 aliphatic heterocycles. The van der Waals surface area contributed by atoms with Crippen LogP contribution in [-0.4, -0.2) is 24.4 Å². The zero-order chi connectivity index (χ0) is 19.7. The summed E-state index contributed by atoms with van der Waals surface area (Å²) in [5, 5.41) is 4.39. The summed E-state index contributed by atoms with van der Waals surface area (Å²) < 4.78 is 4.12. The number of aryl methyl sites for hydroxylation is 1. The fraction of sp³-hybridized carbons (Fsp3) is 0.263. The van der Waals surface area contributed by atoms with E-state index in [9.17, 15) is 9.59 Å². The van der Waals surface area contributed by atoms with Crippen molar-refractivity contribution in [1.82, 2.24) is 18.7 Å². The van der Waals surface area contributed by atoms with Gasteiger partial charge in [-0.1, -0.05) is 42.5 Å². The fourth-order valence-corrected chi connectivity index (χ4v) is 2.83. The topological polar surface area (TPSA) is 86.2 Å². The minimum atomic E-state index is -0.428. The van der Waals surface area contributed by atoms with Crippen LogP contribution in [0.4, 0.5) is 5.95 Å². The largest absolute Gasteiger partial charge is 0.332 e. The number of aromatic nitrogens is 4. The van der Waals surface area contributed by atoms with Gasteiger partial charge in [-0.3, -0.25) is 18.5 Å². The van der Waals surface area contributed by atoms with Crippen molar-refractivity contribution in [1.29, 1.82) is 0 Å². The maximum atomic E-state index is 12.7. The van der Waals surface area contributed by atoms with Crippen LogP contribution in [0.15, 0.2) is 57.2 Å². The minimum absolute atomic E-state index is 0.305. The Labute approximate surface area is 156 Å². The molecule has 0 saturated carbocycles. The highest BCUT2D eigenvalue weighted by Gasteiger charge is 2.19. The first-order chi connectivity index (χ1) is 12.8. The number of nitrogens with one attached hydrogen (secondary N) is 1. The Morgan fingerprint density at radius 3 is 2.44 bits per heavy atom. The second-order valence-electron chi connectivity index (χ2n) is 6.53. The first-order valence-corrected chi connectivity index (χ1v) is 8.47. The summed E-state index contributed by atoms with van der Waals surface area (Å²) >= 11 is 0. The number of hydrazone groups is 1. The molecule has 0 fully saturated rings. The van der Waals surface area contributed by atoms with Crippen LogP contribution in [-0.2, 0) is 20.6 Å². The van der Waals surface area contributed by atoms with E-state index in [1.165, 1.54) is 11.6 Å². The number of imidazole rings is 1. The van der Waals surface area contributed by atoms with Crippen molar-refractivity contribution in [2.75, 3.05) is 5.43 Å². The van der Waals surface area contributed by atoms with E-state index in [4.69, 9.17) is 0 Å². The summed E-state index contributed by atoms with van der Waals surface area (Å²) in [7, 11) is 3.04. The molecule has 8 heteroatoms. The highest BCUT2D eigenvalue weighted by Crippen LogP contribution is 2.17. The SMILES string of the molecule is C=C(C)Cn1c(NN=C(C)c2ccccc2)nc2c1c(=O)n(C)c(=O)n2C. The molecule has 0 atom stereocenters. The Bertz CT molecular complexity index is 1160. The molecule has 1 aromatic carbocycles. The molecule has 2 heterocycles. The molecule has 2 aromatic heterocycles. The Kier molecular flexibility index (Phi) is 4.81. The van der Waals surface area contributed by atoms with Gasteiger partial charge in [0.25, 0.3) is 5.56 Å². The maximum Gasteiger partial charge on any atom is 0.332 e. The van der Waals surface area contributed by atoms with E-state index in [-0.39, 0.29) is 0 Å². The lowest BCUT2D eigenvalue weighted by Gasteiger charge is -2.09. The van der Waals surface area contributed by atoms with Gasteiger partial charge in [0, 0.05) is 20.6 Å². The van der Waals surface area contributed by atoms with Gasteiger partial charge < -0.3 is 0 Å². The van der Waals surface area contributed by atoms with E-state index < -0.39 is 11.2 Å². The molecule has 1 N–H and O–H groups in total. The monoisotopic (exact) mass is 366 g/mol. The van der Waals surface area contributed by atoms with Crippen LogP contribution in [0, 0.1) is 0 Å². The third-order valence-electron chi connectivity index (χ3n) is 4.29. The molecule has 8 nitrogen and oxygen atoms in total. The predicted octanol–water partition coefficient (Wildman–Crippen LogP) is 1.85. The van der Waals surface area contributed by atoms with E-state index in [2.05, 4.69) is 22.1 Å². The first kappa shape index (κ1) is 18.4. The minimum Gasteiger partial charge on any atom is -0.299 e. The predicted molar refractivity (Wildman–Crippen MR) is 107 cm³/mol. The number of hydrogen-bond donors (Lipinski definition) is 1. The van der Waals surface area contributed by atoms with Gasteiger partial charge in [0.1, 0.15) is 0 Å². The van der Waals surface area contributed by atoms with Gasteiger partial charge in [0.15, 0.2) is 11.2 Å². The van der Waals surface area contributed by atoms with E-state index in [0.717, 1.165) is 21.4 Å². The van der Waals surface area contributed by atoms with Crippen LogP contribution in [0.1, 0.15) is 19.4 Å². The number of anilines is 1. The summed E-state index contributed by atoms with van der Waals surface area (Å²) in [6, 6.07) is 9.72. The summed E-state index contributed by atoms with van der Waals surface area (Å²) in [4.78, 5) is 29.3. The molecule has 0 spiro atoms. The highest BCUT2D eigenvalue weighted by atomic mass is 16.2. The molecule has 0 unspecified atom stereocenters. The summed E-state index contributed by atoms with van der Waals surface area (Å²) in [5.74, 6) is 0.376. The molecule has 0 saturated heterocycles. The molecule has 3 aromatic rings. The zero-order valence-electron chi connectivity index (χ0n) is 15.9. The number of benzene rings is 1. The first-order valence-electron chi connectivity index (χ1n) is 8.47. The van der Waals surface area contributed by atoms with Crippen LogP contribution in [0.25, 0.3) is 11.2 Å². The number of fused-ring (bicyclic) bond motifs is 1. The van der Waals surface area contributed by atoms with Crippen molar-refractivity contribution in [3.8, 4) is 0 Å². The smallest absolute Gasteiger partial charge is 0.299 e. The van der Waals surface area contributed by atoms with Gasteiger partial charge in [-0.15, -0.1) is 0 Å². The van der Waals surface area contributed by atoms with Gasteiger partial charge >= 0.3 is 5.69 Å². The quantitative estimate of drug-likeness (QED) is 0.424. The summed E-state index contributed by atoms with van der Waals surface area (Å²) in [6.07, 6.45) is 0. The van der Waals surface area contributed by atoms with E-state index in [0.29, 0.717) is 23.7 Å². The van der Waals surface area contributed by atoms with E-state index >= 15 is 0 Å². The normalized spacial score (nSPS) is 11.8. The molecular weight excluding hydrogens is 344 g/mol. The second-order valence-corrected chi connectivity index (χ2v) is 6.53. The van der Waals surface area contributed by atoms with Gasteiger partial charge in [-0.2, -0.15) is 10.1 Å². The third kappa shape index (κ3) is 3.33. The molecule has 3 rings (SSSR count). The average Bonchev–Trinajstić information content (AvgIpc) is 3.01. The van der Waals surface area contributed by atoms with Crippen molar-refractivity contribution in [2.24, 2.45) is 19.2 Å². The molecular formula is C19H22N6O2. The maximum absolute atomic E-state index is 12.7. The standard InChI is InChI=1S/C19H22N6O2/c1-12(2)11-25-15-16(23(4)19(27)24(5)17(15)26)20-18(25)22-21-13(3)14-9-7-6-8-10-14/h6-10H,1,11H2,2-5H3,(H,20,22). The molecule has 140 valence electrons. The van der Waals surface area contributed by atoms with Crippen molar-refractivity contribution in [2.45, 2.75) is 20.4 Å². The lowest BCUT2D eigenvalue weighted by atomic mass is 10.1. The van der Waals surface area contributed by atoms with Crippen LogP contribution < -0.4 is 16.7 Å². The van der Waals surface area contributed by atoms with Crippen LogP contribution in [0.2, 0.25) is 0 Å². The lowest BCUT2D eigenvalue weighted by Crippen LogP contribution is -2.37. The molecule has 27 heavy (non-hydrogen) atoms. The average molecular weight is 366 g/mol. The Hall–Kier alpha value is -3.42. The van der Waals surface area contributed by atoms with Gasteiger partial charge in [-0.05, 0) is 19.4 Å². The summed E-state index contributed by atoms with van der Waals surface area (Å²) in [6.45, 7) is 8.04. The Morgan fingerprint density at radius 2 is 1.81 bits per heavy atom. The van der Waals surface area contributed by atoms with Crippen molar-refractivity contribution in [3.05, 3.63) is 68.9 Å². The number of rotatable bonds is 5. The number of nitrogens with zero attached hydrogens (tertiary/aromatic N) is 5. The molecule has 0 amide bonds. The molecule has 0 aliphatic rings. The van der Waals surface area contributed by atoms with E-state index in [1.807, 2.05) is 44.2 Å². The van der Waals surface area contributed by atoms with Crippen LogP contribution in [0.3, 0.4) is 0 Å². The molecule has 0 aliphatic carbocycles. The Morgan fingerprint density at radius 1 is 1.15 bits per heavy atom. The van der Waals surface area contributed by atoms with Gasteiger partial charge in [0.05, 0.1) is 5.71 Å². The van der Waals surface area contributed by atoms with Crippen molar-refractivity contribution >= 4 is 22.8 Å². The fourth-order valence-electron chi connectivity index (χ4n) is 2.83. The molecule has 0 bridgehead atoms. The number of hydrogen-bond acceptors (Lipinski definition) is 5. The van der Waals surface area contributed by atoms with Crippen LogP contribution in [0.5, 0.6) is 0 Å². The van der Waals surface area contributed by atoms with Gasteiger partial charge in [0.2, 0.25) is 5.95 Å². The van der Waals surface area contributed by atoms with Crippen LogP contribution >= 0.6 is 0 Å². The second kappa shape index (κ2) is 7.06. The lowest BCUT2D eigenvalue weighted by molar-refractivity contribution is 0.702. The third-order valence-corrected chi connectivity index (χ3v) is 4.29. The number of allylic oxidation sites excluding steroid dienone is 1. The zero-order valence-corrected chi connectivity index (χ0v) is 15.9. The van der Waals surface area contributed by atoms with Crippen molar-refractivity contribution < 1.29 is 0 Å². The summed E-state index contributed by atoms with van der Waals surface area (Å²) in [5.41, 5.74) is 5.32. The molecule has 0 radical (unpaired) electrons.